The fraction of sp³-hybridized carbons (Fsp3) is 0.909. The highest BCUT2D eigenvalue weighted by Crippen LogP contribution is 1.94. The molecule has 0 aliphatic rings. The Hall–Kier alpha value is -0.330. The second kappa shape index (κ2) is 13.3. The normalized spacial score (nSPS) is 10.6. The van der Waals surface area contributed by atoms with Crippen LogP contribution in [0.25, 0.3) is 0 Å². The Morgan fingerprint density at radius 2 is 1.67 bits per heavy atom. The van der Waals surface area contributed by atoms with E-state index >= 15 is 0 Å². The lowest BCUT2D eigenvalue weighted by atomic mass is 10.2. The topological polar surface area (TPSA) is 12.4 Å². The molecule has 0 spiro atoms. The summed E-state index contributed by atoms with van der Waals surface area (Å²) in [5, 5.41) is 0. The molecular weight excluding hydrogens is 146 g/mol. The lowest BCUT2D eigenvalue weighted by molar-refractivity contribution is 0.727. The summed E-state index contributed by atoms with van der Waals surface area (Å²) in [5.74, 6) is 0. The van der Waals surface area contributed by atoms with E-state index in [1.807, 2.05) is 13.8 Å². The summed E-state index contributed by atoms with van der Waals surface area (Å²) in [7, 11) is 0. The molecule has 1 heteroatoms. The van der Waals surface area contributed by atoms with Crippen LogP contribution >= 0.6 is 0 Å². The number of hydrogen-bond acceptors (Lipinski definition) is 1. The third-order valence-electron chi connectivity index (χ3n) is 1.66. The number of hydrogen-bond donors (Lipinski definition) is 0. The molecule has 0 amide bonds. The van der Waals surface area contributed by atoms with Crippen LogP contribution in [0.4, 0.5) is 0 Å². The molecule has 0 aromatic heterocycles. The average molecular weight is 171 g/mol. The van der Waals surface area contributed by atoms with Gasteiger partial charge < -0.3 is 0 Å². The summed E-state index contributed by atoms with van der Waals surface area (Å²) in [6, 6.07) is 0. The van der Waals surface area contributed by atoms with E-state index in [2.05, 4.69) is 25.8 Å². The first-order chi connectivity index (χ1) is 5.81. The van der Waals surface area contributed by atoms with Gasteiger partial charge in [-0.1, -0.05) is 40.5 Å². The zero-order valence-corrected chi connectivity index (χ0v) is 9.48. The van der Waals surface area contributed by atoms with E-state index in [-0.39, 0.29) is 0 Å². The first-order valence-electron chi connectivity index (χ1n) is 5.31. The molecule has 12 heavy (non-hydrogen) atoms. The Morgan fingerprint density at radius 3 is 2.08 bits per heavy atom. The largest absolute Gasteiger partial charge is 0.294 e. The van der Waals surface area contributed by atoms with Crippen molar-refractivity contribution in [3.8, 4) is 0 Å². The maximum absolute atomic E-state index is 4.40. The van der Waals surface area contributed by atoms with Gasteiger partial charge in [0, 0.05) is 12.3 Å². The second-order valence-electron chi connectivity index (χ2n) is 2.68. The fourth-order valence-electron chi connectivity index (χ4n) is 0.744. The van der Waals surface area contributed by atoms with E-state index in [1.54, 1.807) is 0 Å². The maximum atomic E-state index is 4.40. The maximum Gasteiger partial charge on any atom is 0.0388 e. The predicted octanol–water partition coefficient (Wildman–Crippen LogP) is 4.07. The van der Waals surface area contributed by atoms with Gasteiger partial charge in [-0.3, -0.25) is 4.99 Å². The third-order valence-corrected chi connectivity index (χ3v) is 1.66. The minimum Gasteiger partial charge on any atom is -0.294 e. The van der Waals surface area contributed by atoms with Crippen molar-refractivity contribution < 1.29 is 0 Å². The minimum absolute atomic E-state index is 1.04. The molecule has 0 aromatic rings. The van der Waals surface area contributed by atoms with Gasteiger partial charge in [0.25, 0.3) is 0 Å². The van der Waals surface area contributed by atoms with Crippen LogP contribution in [0.3, 0.4) is 0 Å². The van der Waals surface area contributed by atoms with Gasteiger partial charge in [0.15, 0.2) is 0 Å². The monoisotopic (exact) mass is 171 g/mol. The first-order valence-corrected chi connectivity index (χ1v) is 5.31. The van der Waals surface area contributed by atoms with Gasteiger partial charge in [0.05, 0.1) is 0 Å². The predicted molar refractivity (Wildman–Crippen MR) is 59.1 cm³/mol. The van der Waals surface area contributed by atoms with Crippen molar-refractivity contribution >= 4 is 5.71 Å². The molecule has 1 nitrogen and oxygen atoms in total. The summed E-state index contributed by atoms with van der Waals surface area (Å²) in [5.41, 5.74) is 1.29. The number of nitrogens with zero attached hydrogens (tertiary/aromatic N) is 1. The Balaban J connectivity index is 0. The lowest BCUT2D eigenvalue weighted by Gasteiger charge is -1.95. The molecule has 0 saturated carbocycles. The van der Waals surface area contributed by atoms with Crippen LogP contribution in [0.2, 0.25) is 0 Å². The van der Waals surface area contributed by atoms with Crippen LogP contribution in [0.1, 0.15) is 60.3 Å². The summed E-state index contributed by atoms with van der Waals surface area (Å²) >= 11 is 0. The van der Waals surface area contributed by atoms with Gasteiger partial charge in [-0.25, -0.2) is 0 Å². The molecule has 0 aliphatic heterocycles. The van der Waals surface area contributed by atoms with Crippen molar-refractivity contribution in [2.45, 2.75) is 60.3 Å². The number of rotatable bonds is 5. The molecule has 0 heterocycles. The van der Waals surface area contributed by atoms with E-state index in [9.17, 15) is 0 Å². The van der Waals surface area contributed by atoms with E-state index in [0.717, 1.165) is 13.0 Å². The van der Waals surface area contributed by atoms with Crippen LogP contribution in [0, 0.1) is 0 Å². The highest BCUT2D eigenvalue weighted by Gasteiger charge is 1.85. The van der Waals surface area contributed by atoms with Crippen molar-refractivity contribution in [1.82, 2.24) is 0 Å². The van der Waals surface area contributed by atoms with Gasteiger partial charge in [0.2, 0.25) is 0 Å². The Kier molecular flexibility index (Phi) is 15.7. The van der Waals surface area contributed by atoms with E-state index in [1.165, 1.54) is 25.0 Å². The Labute approximate surface area is 78.3 Å². The quantitative estimate of drug-likeness (QED) is 0.436. The van der Waals surface area contributed by atoms with Crippen LogP contribution in [-0.2, 0) is 0 Å². The molecular formula is C11H25N. The summed E-state index contributed by atoms with van der Waals surface area (Å²) in [4.78, 5) is 4.40. The van der Waals surface area contributed by atoms with Gasteiger partial charge in [-0.2, -0.15) is 0 Å². The Bertz CT molecular complexity index is 95.2. The average Bonchev–Trinajstić information content (AvgIpc) is 2.15. The number of unbranched alkanes of at least 4 members (excludes halogenated alkanes) is 2. The minimum atomic E-state index is 1.04. The van der Waals surface area contributed by atoms with Crippen molar-refractivity contribution in [3.05, 3.63) is 0 Å². The van der Waals surface area contributed by atoms with Crippen LogP contribution in [0.5, 0.6) is 0 Å². The standard InChI is InChI=1S/C9H19N.C2H6/c1-4-6-7-8-10-9(3)5-2;1-2/h4-8H2,1-3H3;1-2H3. The highest BCUT2D eigenvalue weighted by molar-refractivity contribution is 5.81. The van der Waals surface area contributed by atoms with Crippen molar-refractivity contribution in [3.63, 3.8) is 0 Å². The first kappa shape index (κ1) is 14.2. The molecule has 74 valence electrons. The fourth-order valence-corrected chi connectivity index (χ4v) is 0.744. The van der Waals surface area contributed by atoms with Crippen LogP contribution in [0.15, 0.2) is 4.99 Å². The molecule has 0 aromatic carbocycles. The molecule has 0 aliphatic carbocycles. The van der Waals surface area contributed by atoms with Crippen molar-refractivity contribution in [1.29, 1.82) is 0 Å². The smallest absolute Gasteiger partial charge is 0.0388 e. The molecule has 0 rings (SSSR count). The molecule has 0 atom stereocenters. The van der Waals surface area contributed by atoms with E-state index < -0.39 is 0 Å². The van der Waals surface area contributed by atoms with Crippen LogP contribution in [-0.4, -0.2) is 12.3 Å². The highest BCUT2D eigenvalue weighted by atomic mass is 14.7. The molecule has 0 fully saturated rings. The Morgan fingerprint density at radius 1 is 1.08 bits per heavy atom. The van der Waals surface area contributed by atoms with E-state index in [0.29, 0.717) is 0 Å². The molecule has 0 radical (unpaired) electrons. The summed E-state index contributed by atoms with van der Waals surface area (Å²) in [6.45, 7) is 11.5. The van der Waals surface area contributed by atoms with Gasteiger partial charge >= 0.3 is 0 Å². The van der Waals surface area contributed by atoms with Crippen molar-refractivity contribution in [2.24, 2.45) is 4.99 Å². The second-order valence-corrected chi connectivity index (χ2v) is 2.68. The molecule has 0 bridgehead atoms. The summed E-state index contributed by atoms with van der Waals surface area (Å²) < 4.78 is 0. The van der Waals surface area contributed by atoms with E-state index in [4.69, 9.17) is 0 Å². The molecule has 0 unspecified atom stereocenters. The zero-order chi connectivity index (χ0) is 9.82. The summed E-state index contributed by atoms with van der Waals surface area (Å²) in [6.07, 6.45) is 4.97. The van der Waals surface area contributed by atoms with Gasteiger partial charge in [-0.05, 0) is 19.8 Å². The third kappa shape index (κ3) is 12.4. The SMILES string of the molecule is CC.CCCCCN=C(C)CC. The lowest BCUT2D eigenvalue weighted by Crippen LogP contribution is -1.90. The molecule has 0 N–H and O–H groups in total. The van der Waals surface area contributed by atoms with Crippen LogP contribution < -0.4 is 0 Å². The molecule has 0 saturated heterocycles. The zero-order valence-electron chi connectivity index (χ0n) is 9.48. The van der Waals surface area contributed by atoms with Gasteiger partial charge in [-0.15, -0.1) is 0 Å². The van der Waals surface area contributed by atoms with Gasteiger partial charge in [0.1, 0.15) is 0 Å². The number of aliphatic imine (C=N–C) groups is 1. The van der Waals surface area contributed by atoms with Crippen molar-refractivity contribution in [2.75, 3.05) is 6.54 Å².